The van der Waals surface area contributed by atoms with E-state index >= 15 is 0 Å². The molecule has 2 heterocycles. The highest BCUT2D eigenvalue weighted by Crippen LogP contribution is 2.26. The molecule has 1 atom stereocenters. The molecule has 0 radical (unpaired) electrons. The van der Waals surface area contributed by atoms with Crippen molar-refractivity contribution in [3.05, 3.63) is 64.5 Å². The summed E-state index contributed by atoms with van der Waals surface area (Å²) in [5, 5.41) is 17.8. The summed E-state index contributed by atoms with van der Waals surface area (Å²) in [4.78, 5) is 38.9. The standard InChI is InChI=1S/C26H34N8O4/c1-6-33(7-2)25-29-16-21(34(36)37)23(32-25)31-20(24(35)38-26(3,4)5)15-17-10-12-18(13-11-17)30-22-19(27)9-8-14-28-22/h8-14,16,20H,6-7,15,27H2,1-5H3,(H,28,30)(H,29,31,32)/t20-/m0/s1. The van der Waals surface area contributed by atoms with Crippen LogP contribution in [-0.2, 0) is 16.0 Å². The van der Waals surface area contributed by atoms with Crippen molar-refractivity contribution in [1.29, 1.82) is 0 Å². The molecule has 4 N–H and O–H groups in total. The molecule has 0 amide bonds. The molecular weight excluding hydrogens is 488 g/mol. The molecule has 12 nitrogen and oxygen atoms in total. The minimum Gasteiger partial charge on any atom is -0.458 e. The van der Waals surface area contributed by atoms with Crippen LogP contribution < -0.4 is 21.3 Å². The molecule has 38 heavy (non-hydrogen) atoms. The van der Waals surface area contributed by atoms with Crippen molar-refractivity contribution in [2.24, 2.45) is 0 Å². The second-order valence-corrected chi connectivity index (χ2v) is 9.53. The van der Waals surface area contributed by atoms with Gasteiger partial charge in [0.1, 0.15) is 17.8 Å². The zero-order valence-corrected chi connectivity index (χ0v) is 22.3. The lowest BCUT2D eigenvalue weighted by Crippen LogP contribution is -2.38. The van der Waals surface area contributed by atoms with Gasteiger partial charge in [-0.05, 0) is 64.4 Å². The van der Waals surface area contributed by atoms with Gasteiger partial charge >= 0.3 is 11.7 Å². The summed E-state index contributed by atoms with van der Waals surface area (Å²) in [6, 6.07) is 9.91. The lowest BCUT2D eigenvalue weighted by Gasteiger charge is -2.25. The van der Waals surface area contributed by atoms with Gasteiger partial charge in [-0.3, -0.25) is 10.1 Å². The highest BCUT2D eigenvalue weighted by molar-refractivity contribution is 5.81. The van der Waals surface area contributed by atoms with Gasteiger partial charge in [0.2, 0.25) is 11.8 Å². The Bertz CT molecular complexity index is 1260. The molecular formula is C26H34N8O4. The monoisotopic (exact) mass is 522 g/mol. The van der Waals surface area contributed by atoms with Gasteiger partial charge in [0.15, 0.2) is 5.82 Å². The Hall–Kier alpha value is -4.48. The largest absolute Gasteiger partial charge is 0.458 e. The molecule has 202 valence electrons. The number of rotatable bonds is 11. The Labute approximate surface area is 221 Å². The van der Waals surface area contributed by atoms with Crippen LogP contribution in [0.15, 0.2) is 48.8 Å². The van der Waals surface area contributed by atoms with Gasteiger partial charge in [-0.1, -0.05) is 12.1 Å². The van der Waals surface area contributed by atoms with E-state index in [0.717, 1.165) is 17.4 Å². The molecule has 0 aliphatic heterocycles. The maximum atomic E-state index is 13.2. The Morgan fingerprint density at radius 2 is 1.82 bits per heavy atom. The number of esters is 1. The van der Waals surface area contributed by atoms with E-state index in [4.69, 9.17) is 10.5 Å². The zero-order chi connectivity index (χ0) is 27.9. The van der Waals surface area contributed by atoms with Gasteiger partial charge in [-0.25, -0.2) is 14.8 Å². The number of carbonyl (C=O) groups is 1. The zero-order valence-electron chi connectivity index (χ0n) is 22.3. The molecule has 0 spiro atoms. The van der Waals surface area contributed by atoms with Crippen molar-refractivity contribution in [2.75, 3.05) is 34.4 Å². The van der Waals surface area contributed by atoms with Crippen LogP contribution in [0.4, 0.5) is 34.6 Å². The van der Waals surface area contributed by atoms with Gasteiger partial charge in [0.05, 0.1) is 10.6 Å². The number of aromatic nitrogens is 3. The third kappa shape index (κ3) is 7.51. The third-order valence-electron chi connectivity index (χ3n) is 5.50. The van der Waals surface area contributed by atoms with Gasteiger partial charge < -0.3 is 26.0 Å². The first-order valence-corrected chi connectivity index (χ1v) is 12.3. The summed E-state index contributed by atoms with van der Waals surface area (Å²) in [5.74, 6) is 0.258. The van der Waals surface area contributed by atoms with Gasteiger partial charge in [0.25, 0.3) is 0 Å². The van der Waals surface area contributed by atoms with Gasteiger partial charge in [-0.2, -0.15) is 4.98 Å². The molecule has 0 bridgehead atoms. The minimum atomic E-state index is -0.947. The molecule has 0 aliphatic rings. The number of benzene rings is 1. The van der Waals surface area contributed by atoms with E-state index in [9.17, 15) is 14.9 Å². The fourth-order valence-corrected chi connectivity index (χ4v) is 3.61. The number of nitrogens with zero attached hydrogens (tertiary/aromatic N) is 5. The number of nitro groups is 1. The molecule has 0 fully saturated rings. The Balaban J connectivity index is 1.89. The number of carbonyl (C=O) groups excluding carboxylic acids is 1. The number of anilines is 5. The van der Waals surface area contributed by atoms with Gasteiger partial charge in [0, 0.05) is 31.4 Å². The second kappa shape index (κ2) is 12.2. The van der Waals surface area contributed by atoms with Crippen molar-refractivity contribution in [3.63, 3.8) is 0 Å². The van der Waals surface area contributed by atoms with Crippen LogP contribution in [-0.4, -0.2) is 50.6 Å². The van der Waals surface area contributed by atoms with E-state index in [1.54, 1.807) is 39.1 Å². The summed E-state index contributed by atoms with van der Waals surface area (Å²) in [5.41, 5.74) is 6.95. The van der Waals surface area contributed by atoms with E-state index in [1.165, 1.54) is 0 Å². The van der Waals surface area contributed by atoms with E-state index in [1.807, 2.05) is 43.0 Å². The van der Waals surface area contributed by atoms with E-state index in [0.29, 0.717) is 30.5 Å². The maximum absolute atomic E-state index is 13.2. The fraction of sp³-hybridized carbons (Fsp3) is 0.385. The Morgan fingerprint density at radius 3 is 2.39 bits per heavy atom. The average molecular weight is 523 g/mol. The van der Waals surface area contributed by atoms with Crippen LogP contribution >= 0.6 is 0 Å². The number of nitrogen functional groups attached to an aromatic ring is 1. The number of nitrogens with two attached hydrogens (primary N) is 1. The van der Waals surface area contributed by atoms with Crippen LogP contribution in [0.2, 0.25) is 0 Å². The van der Waals surface area contributed by atoms with Crippen LogP contribution in [0.1, 0.15) is 40.2 Å². The number of hydrogen-bond acceptors (Lipinski definition) is 11. The normalized spacial score (nSPS) is 11.9. The number of nitrogens with one attached hydrogen (secondary N) is 2. The lowest BCUT2D eigenvalue weighted by atomic mass is 10.0. The first-order chi connectivity index (χ1) is 18.0. The third-order valence-corrected chi connectivity index (χ3v) is 5.50. The maximum Gasteiger partial charge on any atom is 0.329 e. The lowest BCUT2D eigenvalue weighted by molar-refractivity contribution is -0.384. The SMILES string of the molecule is CCN(CC)c1ncc([N+](=O)[O-])c(N[C@@H](Cc2ccc(Nc3ncccc3N)cc2)C(=O)OC(C)(C)C)n1. The molecule has 0 aliphatic carbocycles. The van der Waals surface area contributed by atoms with E-state index < -0.39 is 22.5 Å². The van der Waals surface area contributed by atoms with Gasteiger partial charge in [-0.15, -0.1) is 0 Å². The first kappa shape index (κ1) is 28.1. The summed E-state index contributed by atoms with van der Waals surface area (Å²) in [6.45, 7) is 10.4. The van der Waals surface area contributed by atoms with Crippen molar-refractivity contribution in [2.45, 2.75) is 52.7 Å². The highest BCUT2D eigenvalue weighted by Gasteiger charge is 2.29. The van der Waals surface area contributed by atoms with Crippen molar-refractivity contribution >= 4 is 40.6 Å². The highest BCUT2D eigenvalue weighted by atomic mass is 16.6. The van der Waals surface area contributed by atoms with Crippen molar-refractivity contribution < 1.29 is 14.5 Å². The summed E-state index contributed by atoms with van der Waals surface area (Å²) >= 11 is 0. The van der Waals surface area contributed by atoms with Crippen LogP contribution in [0.25, 0.3) is 0 Å². The average Bonchev–Trinajstić information content (AvgIpc) is 2.86. The number of pyridine rings is 1. The van der Waals surface area contributed by atoms with E-state index in [2.05, 4.69) is 25.6 Å². The molecule has 2 aromatic heterocycles. The molecule has 3 rings (SSSR count). The summed E-state index contributed by atoms with van der Waals surface area (Å²) in [6.07, 6.45) is 2.99. The predicted molar refractivity (Wildman–Crippen MR) is 148 cm³/mol. The quantitative estimate of drug-likeness (QED) is 0.187. The molecule has 0 saturated heterocycles. The summed E-state index contributed by atoms with van der Waals surface area (Å²) < 4.78 is 5.62. The smallest absolute Gasteiger partial charge is 0.329 e. The molecule has 12 heteroatoms. The molecule has 3 aromatic rings. The first-order valence-electron chi connectivity index (χ1n) is 12.3. The molecule has 1 aromatic carbocycles. The summed E-state index contributed by atoms with van der Waals surface area (Å²) in [7, 11) is 0. The molecule has 0 unspecified atom stereocenters. The Morgan fingerprint density at radius 1 is 1.13 bits per heavy atom. The Kier molecular flexibility index (Phi) is 9.00. The fourth-order valence-electron chi connectivity index (χ4n) is 3.61. The van der Waals surface area contributed by atoms with Crippen molar-refractivity contribution in [3.8, 4) is 0 Å². The predicted octanol–water partition coefficient (Wildman–Crippen LogP) is 4.32. The topological polar surface area (TPSA) is 161 Å². The molecule has 0 saturated carbocycles. The number of hydrogen-bond donors (Lipinski definition) is 3. The van der Waals surface area contributed by atoms with Crippen LogP contribution in [0.3, 0.4) is 0 Å². The van der Waals surface area contributed by atoms with Crippen LogP contribution in [0, 0.1) is 10.1 Å². The van der Waals surface area contributed by atoms with Crippen LogP contribution in [0.5, 0.6) is 0 Å². The van der Waals surface area contributed by atoms with Crippen molar-refractivity contribution in [1.82, 2.24) is 15.0 Å². The van der Waals surface area contributed by atoms with E-state index in [-0.39, 0.29) is 17.9 Å². The minimum absolute atomic E-state index is 0.0494. The number of ether oxygens (including phenoxy) is 1. The second-order valence-electron chi connectivity index (χ2n) is 9.53.